The summed E-state index contributed by atoms with van der Waals surface area (Å²) in [7, 11) is 3.51. The van der Waals surface area contributed by atoms with E-state index in [9.17, 15) is 4.79 Å². The molecule has 0 fully saturated rings. The minimum absolute atomic E-state index is 0.0613. The van der Waals surface area contributed by atoms with Crippen LogP contribution in [-0.2, 0) is 4.79 Å². The van der Waals surface area contributed by atoms with Gasteiger partial charge in [0, 0.05) is 31.9 Å². The molecular formula is C14H21N3OS. The predicted molar refractivity (Wildman–Crippen MR) is 83.5 cm³/mol. The van der Waals surface area contributed by atoms with E-state index in [1.54, 1.807) is 19.0 Å². The molecule has 0 aromatic heterocycles. The minimum Gasteiger partial charge on any atom is -0.389 e. The molecule has 0 aliphatic heterocycles. The maximum atomic E-state index is 11.9. The lowest BCUT2D eigenvalue weighted by Gasteiger charge is -2.27. The van der Waals surface area contributed by atoms with Gasteiger partial charge in [0.25, 0.3) is 0 Å². The molecule has 4 nitrogen and oxygen atoms in total. The molecular weight excluding hydrogens is 258 g/mol. The second-order valence-electron chi connectivity index (χ2n) is 4.59. The first-order valence-electron chi connectivity index (χ1n) is 6.31. The Morgan fingerprint density at radius 1 is 1.32 bits per heavy atom. The van der Waals surface area contributed by atoms with E-state index in [0.717, 1.165) is 24.2 Å². The Hall–Kier alpha value is -1.62. The maximum Gasteiger partial charge on any atom is 0.241 e. The summed E-state index contributed by atoms with van der Waals surface area (Å²) in [5.41, 5.74) is 7.49. The summed E-state index contributed by atoms with van der Waals surface area (Å²) in [6.07, 6.45) is 0.951. The van der Waals surface area contributed by atoms with E-state index in [1.165, 1.54) is 0 Å². The molecule has 0 radical (unpaired) electrons. The maximum absolute atomic E-state index is 11.9. The van der Waals surface area contributed by atoms with Crippen LogP contribution in [0.2, 0.25) is 0 Å². The molecule has 1 aromatic carbocycles. The van der Waals surface area contributed by atoms with Gasteiger partial charge in [0.2, 0.25) is 5.91 Å². The second kappa shape index (κ2) is 7.09. The molecule has 0 aliphatic rings. The molecule has 0 spiro atoms. The van der Waals surface area contributed by atoms with Gasteiger partial charge in [0.15, 0.2) is 0 Å². The molecule has 0 aliphatic carbocycles. The highest BCUT2D eigenvalue weighted by Gasteiger charge is 2.16. The van der Waals surface area contributed by atoms with Crippen molar-refractivity contribution in [3.8, 4) is 0 Å². The van der Waals surface area contributed by atoms with Gasteiger partial charge < -0.3 is 15.5 Å². The molecule has 1 rings (SSSR count). The SMILES string of the molecule is CCCN(CC(=O)N(C)C)c1ccccc1C(N)=S. The van der Waals surface area contributed by atoms with Crippen molar-refractivity contribution < 1.29 is 4.79 Å². The van der Waals surface area contributed by atoms with Gasteiger partial charge in [-0.05, 0) is 18.6 Å². The number of nitrogens with zero attached hydrogens (tertiary/aromatic N) is 2. The Labute approximate surface area is 120 Å². The lowest BCUT2D eigenvalue weighted by atomic mass is 10.1. The highest BCUT2D eigenvalue weighted by atomic mass is 32.1. The number of benzene rings is 1. The lowest BCUT2D eigenvalue weighted by Crippen LogP contribution is -2.38. The predicted octanol–water partition coefficient (Wildman–Crippen LogP) is 1.63. The molecule has 0 unspecified atom stereocenters. The fraction of sp³-hybridized carbons (Fsp3) is 0.429. The number of nitrogens with two attached hydrogens (primary N) is 1. The van der Waals surface area contributed by atoms with E-state index in [1.807, 2.05) is 29.2 Å². The number of para-hydroxylation sites is 1. The van der Waals surface area contributed by atoms with E-state index in [-0.39, 0.29) is 5.91 Å². The molecule has 104 valence electrons. The van der Waals surface area contributed by atoms with E-state index < -0.39 is 0 Å². The molecule has 0 saturated heterocycles. The van der Waals surface area contributed by atoms with Gasteiger partial charge in [-0.1, -0.05) is 31.3 Å². The van der Waals surface area contributed by atoms with Gasteiger partial charge in [-0.25, -0.2) is 0 Å². The number of amides is 1. The average Bonchev–Trinajstić information content (AvgIpc) is 2.37. The molecule has 0 bridgehead atoms. The van der Waals surface area contributed by atoms with Crippen LogP contribution in [0.4, 0.5) is 5.69 Å². The van der Waals surface area contributed by atoms with E-state index in [4.69, 9.17) is 18.0 Å². The van der Waals surface area contributed by atoms with Gasteiger partial charge in [0.05, 0.1) is 6.54 Å². The summed E-state index contributed by atoms with van der Waals surface area (Å²) in [4.78, 5) is 15.9. The van der Waals surface area contributed by atoms with Crippen LogP contribution >= 0.6 is 12.2 Å². The van der Waals surface area contributed by atoms with E-state index in [2.05, 4.69) is 6.92 Å². The molecule has 0 heterocycles. The number of hydrogen-bond donors (Lipinski definition) is 1. The third kappa shape index (κ3) is 4.21. The molecule has 5 heteroatoms. The quantitative estimate of drug-likeness (QED) is 0.804. The molecule has 19 heavy (non-hydrogen) atoms. The van der Waals surface area contributed by atoms with Crippen molar-refractivity contribution in [3.05, 3.63) is 29.8 Å². The number of carbonyl (C=O) groups excluding carboxylic acids is 1. The molecule has 0 atom stereocenters. The fourth-order valence-electron chi connectivity index (χ4n) is 1.82. The zero-order chi connectivity index (χ0) is 14.4. The van der Waals surface area contributed by atoms with E-state index >= 15 is 0 Å². The number of carbonyl (C=O) groups is 1. The monoisotopic (exact) mass is 279 g/mol. The highest BCUT2D eigenvalue weighted by molar-refractivity contribution is 7.80. The Bertz CT molecular complexity index is 460. The molecule has 0 saturated carbocycles. The van der Waals surface area contributed by atoms with Crippen LogP contribution in [0.3, 0.4) is 0 Å². The van der Waals surface area contributed by atoms with Crippen molar-refractivity contribution in [1.29, 1.82) is 0 Å². The van der Waals surface area contributed by atoms with Gasteiger partial charge in [-0.3, -0.25) is 4.79 Å². The molecule has 1 amide bonds. The summed E-state index contributed by atoms with van der Waals surface area (Å²) in [5.74, 6) is 0.0613. The molecule has 1 aromatic rings. The Balaban J connectivity index is 3.05. The first-order chi connectivity index (χ1) is 8.97. The lowest BCUT2D eigenvalue weighted by molar-refractivity contribution is -0.127. The fourth-order valence-corrected chi connectivity index (χ4v) is 1.99. The zero-order valence-electron chi connectivity index (χ0n) is 11.7. The number of thiocarbonyl (C=S) groups is 1. The second-order valence-corrected chi connectivity index (χ2v) is 5.03. The van der Waals surface area contributed by atoms with Crippen molar-refractivity contribution in [2.75, 3.05) is 32.1 Å². The number of anilines is 1. The Morgan fingerprint density at radius 3 is 2.47 bits per heavy atom. The van der Waals surface area contributed by atoms with Crippen molar-refractivity contribution in [2.45, 2.75) is 13.3 Å². The van der Waals surface area contributed by atoms with Crippen LogP contribution in [0.25, 0.3) is 0 Å². The minimum atomic E-state index is 0.0613. The van der Waals surface area contributed by atoms with Crippen LogP contribution in [0.1, 0.15) is 18.9 Å². The third-order valence-corrected chi connectivity index (χ3v) is 3.05. The first-order valence-corrected chi connectivity index (χ1v) is 6.72. The average molecular weight is 279 g/mol. The number of rotatable bonds is 6. The van der Waals surface area contributed by atoms with Crippen molar-refractivity contribution >= 4 is 28.8 Å². The van der Waals surface area contributed by atoms with Gasteiger partial charge in [-0.15, -0.1) is 0 Å². The van der Waals surface area contributed by atoms with Crippen LogP contribution < -0.4 is 10.6 Å². The normalized spacial score (nSPS) is 10.1. The summed E-state index contributed by atoms with van der Waals surface area (Å²) in [6, 6.07) is 7.67. The standard InChI is InChI=1S/C14H21N3OS/c1-4-9-17(10-13(18)16(2)3)12-8-6-5-7-11(12)14(15)19/h5-8H,4,9-10H2,1-3H3,(H2,15,19). The molecule has 2 N–H and O–H groups in total. The van der Waals surface area contributed by atoms with Crippen molar-refractivity contribution in [3.63, 3.8) is 0 Å². The highest BCUT2D eigenvalue weighted by Crippen LogP contribution is 2.20. The van der Waals surface area contributed by atoms with E-state index in [0.29, 0.717) is 11.5 Å². The summed E-state index contributed by atoms with van der Waals surface area (Å²) in [6.45, 7) is 3.20. The van der Waals surface area contributed by atoms with Crippen molar-refractivity contribution in [1.82, 2.24) is 4.90 Å². The first kappa shape index (κ1) is 15.4. The van der Waals surface area contributed by atoms with Crippen molar-refractivity contribution in [2.24, 2.45) is 5.73 Å². The summed E-state index contributed by atoms with van der Waals surface area (Å²) in [5, 5.41) is 0. The Morgan fingerprint density at radius 2 is 1.95 bits per heavy atom. The van der Waals surface area contributed by atoms with Gasteiger partial charge in [-0.2, -0.15) is 0 Å². The number of hydrogen-bond acceptors (Lipinski definition) is 3. The number of likely N-dealkylation sites (N-methyl/N-ethyl adjacent to an activating group) is 1. The van der Waals surface area contributed by atoms with Gasteiger partial charge in [0.1, 0.15) is 4.99 Å². The summed E-state index contributed by atoms with van der Waals surface area (Å²) < 4.78 is 0. The van der Waals surface area contributed by atoms with Crippen LogP contribution in [0, 0.1) is 0 Å². The van der Waals surface area contributed by atoms with Crippen LogP contribution in [0.15, 0.2) is 24.3 Å². The van der Waals surface area contributed by atoms with Crippen LogP contribution in [0.5, 0.6) is 0 Å². The third-order valence-electron chi connectivity index (χ3n) is 2.83. The van der Waals surface area contributed by atoms with Gasteiger partial charge >= 0.3 is 0 Å². The largest absolute Gasteiger partial charge is 0.389 e. The topological polar surface area (TPSA) is 49.6 Å². The summed E-state index contributed by atoms with van der Waals surface area (Å²) >= 11 is 5.07. The zero-order valence-corrected chi connectivity index (χ0v) is 12.5. The van der Waals surface area contributed by atoms with Crippen LogP contribution in [-0.4, -0.2) is 43.0 Å². The Kier molecular flexibility index (Phi) is 5.76. The smallest absolute Gasteiger partial charge is 0.241 e.